The number of para-hydroxylation sites is 1. The highest BCUT2D eigenvalue weighted by molar-refractivity contribution is 5.97. The Bertz CT molecular complexity index is 428. The molecule has 0 saturated heterocycles. The Kier molecular flexibility index (Phi) is 3.17. The molecule has 16 heavy (non-hydrogen) atoms. The third-order valence-electron chi connectivity index (χ3n) is 1.80. The molecule has 1 aromatic carbocycles. The van der Waals surface area contributed by atoms with Crippen LogP contribution in [0.15, 0.2) is 18.2 Å². The van der Waals surface area contributed by atoms with Gasteiger partial charge in [-0.2, -0.15) is 13.2 Å². The van der Waals surface area contributed by atoms with Crippen molar-refractivity contribution in [2.45, 2.75) is 6.18 Å². The Labute approximate surface area is 87.7 Å². The van der Waals surface area contributed by atoms with Crippen LogP contribution in [0.4, 0.5) is 18.9 Å². The first-order valence-electron chi connectivity index (χ1n) is 4.01. The minimum absolute atomic E-state index is 0.00296. The molecule has 4 nitrogen and oxygen atoms in total. The third kappa shape index (κ3) is 2.30. The van der Waals surface area contributed by atoms with Crippen LogP contribution in [0.2, 0.25) is 0 Å². The molecular formula is C9H6F3NO3. The van der Waals surface area contributed by atoms with Crippen LogP contribution in [0.1, 0.15) is 15.9 Å². The molecule has 0 saturated carbocycles. The monoisotopic (exact) mass is 233 g/mol. The second-order valence-corrected chi connectivity index (χ2v) is 2.79. The van der Waals surface area contributed by atoms with Gasteiger partial charge in [0.25, 0.3) is 0 Å². The van der Waals surface area contributed by atoms with Crippen molar-refractivity contribution in [2.75, 3.05) is 5.32 Å². The summed E-state index contributed by atoms with van der Waals surface area (Å²) < 4.78 is 37.4. The van der Waals surface area contributed by atoms with Crippen molar-refractivity contribution in [1.82, 2.24) is 0 Å². The lowest BCUT2D eigenvalue weighted by Crippen LogP contribution is -2.14. The Balaban J connectivity index is 3.44. The largest absolute Gasteiger partial charge is 0.478 e. The number of carboxylic acid groups (broad SMARTS) is 1. The van der Waals surface area contributed by atoms with Crippen LogP contribution in [0.25, 0.3) is 0 Å². The molecule has 0 spiro atoms. The average molecular weight is 233 g/mol. The fourth-order valence-corrected chi connectivity index (χ4v) is 1.18. The van der Waals surface area contributed by atoms with E-state index in [0.717, 1.165) is 12.1 Å². The van der Waals surface area contributed by atoms with Gasteiger partial charge in [0.05, 0.1) is 16.8 Å². The number of nitrogens with one attached hydrogen (secondary N) is 1. The molecule has 1 aromatic rings. The fraction of sp³-hybridized carbons (Fsp3) is 0.111. The highest BCUT2D eigenvalue weighted by Gasteiger charge is 2.35. The van der Waals surface area contributed by atoms with Gasteiger partial charge in [0.15, 0.2) is 0 Å². The second-order valence-electron chi connectivity index (χ2n) is 2.79. The van der Waals surface area contributed by atoms with E-state index in [-0.39, 0.29) is 6.41 Å². The topological polar surface area (TPSA) is 66.4 Å². The standard InChI is InChI=1S/C9H6F3NO3/c10-9(11,12)6-3-1-2-5(8(15)16)7(6)13-4-14/h1-4H,(H,13,14)(H,15,16). The van der Waals surface area contributed by atoms with E-state index in [4.69, 9.17) is 5.11 Å². The zero-order valence-electron chi connectivity index (χ0n) is 7.71. The van der Waals surface area contributed by atoms with Crippen molar-refractivity contribution in [3.8, 4) is 0 Å². The molecule has 0 atom stereocenters. The first-order chi connectivity index (χ1) is 7.38. The number of hydrogen-bond donors (Lipinski definition) is 2. The molecule has 1 amide bonds. The van der Waals surface area contributed by atoms with Gasteiger partial charge in [0, 0.05) is 0 Å². The lowest BCUT2D eigenvalue weighted by molar-refractivity contribution is -0.136. The number of aromatic carboxylic acids is 1. The zero-order valence-corrected chi connectivity index (χ0v) is 7.71. The number of carbonyl (C=O) groups excluding carboxylic acids is 1. The van der Waals surface area contributed by atoms with E-state index in [0.29, 0.717) is 6.07 Å². The van der Waals surface area contributed by atoms with E-state index in [1.807, 2.05) is 0 Å². The summed E-state index contributed by atoms with van der Waals surface area (Å²) in [5.74, 6) is -1.55. The highest BCUT2D eigenvalue weighted by atomic mass is 19.4. The first-order valence-corrected chi connectivity index (χ1v) is 4.01. The summed E-state index contributed by atoms with van der Waals surface area (Å²) in [5, 5.41) is 10.4. The molecule has 0 aromatic heterocycles. The SMILES string of the molecule is O=CNc1c(C(=O)O)cccc1C(F)(F)F. The van der Waals surface area contributed by atoms with Crippen molar-refractivity contribution in [3.05, 3.63) is 29.3 Å². The van der Waals surface area contributed by atoms with Crippen LogP contribution in [0.3, 0.4) is 0 Å². The van der Waals surface area contributed by atoms with E-state index in [1.165, 1.54) is 0 Å². The fourth-order valence-electron chi connectivity index (χ4n) is 1.18. The number of anilines is 1. The van der Waals surface area contributed by atoms with Crippen LogP contribution < -0.4 is 5.32 Å². The Morgan fingerprint density at radius 2 is 2.00 bits per heavy atom. The minimum atomic E-state index is -4.73. The molecule has 2 N–H and O–H groups in total. The van der Waals surface area contributed by atoms with Gasteiger partial charge in [-0.3, -0.25) is 4.79 Å². The zero-order chi connectivity index (χ0) is 12.3. The van der Waals surface area contributed by atoms with Crippen LogP contribution in [-0.2, 0) is 11.0 Å². The van der Waals surface area contributed by atoms with Gasteiger partial charge in [-0.05, 0) is 12.1 Å². The highest BCUT2D eigenvalue weighted by Crippen LogP contribution is 2.36. The van der Waals surface area contributed by atoms with Crippen LogP contribution in [0.5, 0.6) is 0 Å². The van der Waals surface area contributed by atoms with Crippen LogP contribution >= 0.6 is 0 Å². The number of benzene rings is 1. The summed E-state index contributed by atoms with van der Waals surface area (Å²) in [7, 11) is 0. The number of rotatable bonds is 3. The summed E-state index contributed by atoms with van der Waals surface area (Å²) in [6.45, 7) is 0. The number of hydrogen-bond acceptors (Lipinski definition) is 2. The maximum Gasteiger partial charge on any atom is 0.418 e. The van der Waals surface area contributed by atoms with Crippen LogP contribution in [-0.4, -0.2) is 17.5 Å². The lowest BCUT2D eigenvalue weighted by Gasteiger charge is -2.13. The van der Waals surface area contributed by atoms with Crippen molar-refractivity contribution in [3.63, 3.8) is 0 Å². The van der Waals surface area contributed by atoms with E-state index < -0.39 is 29.0 Å². The molecule has 0 aliphatic carbocycles. The van der Waals surface area contributed by atoms with E-state index >= 15 is 0 Å². The summed E-state index contributed by atoms with van der Waals surface area (Å²) in [4.78, 5) is 20.8. The van der Waals surface area contributed by atoms with E-state index in [9.17, 15) is 22.8 Å². The Hall–Kier alpha value is -2.05. The number of alkyl halides is 3. The number of halogens is 3. The van der Waals surface area contributed by atoms with Gasteiger partial charge in [-0.1, -0.05) is 6.07 Å². The Morgan fingerprint density at radius 1 is 1.38 bits per heavy atom. The summed E-state index contributed by atoms with van der Waals surface area (Å²) >= 11 is 0. The lowest BCUT2D eigenvalue weighted by atomic mass is 10.1. The molecule has 0 aliphatic rings. The minimum Gasteiger partial charge on any atom is -0.478 e. The molecule has 0 radical (unpaired) electrons. The van der Waals surface area contributed by atoms with Gasteiger partial charge >= 0.3 is 12.1 Å². The molecular weight excluding hydrogens is 227 g/mol. The number of carboxylic acids is 1. The second kappa shape index (κ2) is 4.21. The van der Waals surface area contributed by atoms with Crippen LogP contribution in [0, 0.1) is 0 Å². The molecule has 0 fully saturated rings. The van der Waals surface area contributed by atoms with Crippen molar-refractivity contribution >= 4 is 18.1 Å². The molecule has 0 bridgehead atoms. The molecule has 0 aliphatic heterocycles. The van der Waals surface area contributed by atoms with Crippen molar-refractivity contribution in [2.24, 2.45) is 0 Å². The molecule has 86 valence electrons. The number of amides is 1. The van der Waals surface area contributed by atoms with Gasteiger partial charge in [-0.25, -0.2) is 4.79 Å². The predicted molar refractivity (Wildman–Crippen MR) is 48.1 cm³/mol. The summed E-state index contributed by atoms with van der Waals surface area (Å²) in [5.41, 5.74) is -2.56. The summed E-state index contributed by atoms with van der Waals surface area (Å²) in [6, 6.07) is 2.63. The Morgan fingerprint density at radius 3 is 2.44 bits per heavy atom. The van der Waals surface area contributed by atoms with Crippen molar-refractivity contribution < 1.29 is 27.9 Å². The molecule has 0 unspecified atom stereocenters. The third-order valence-corrected chi connectivity index (χ3v) is 1.80. The van der Waals surface area contributed by atoms with E-state index in [2.05, 4.69) is 0 Å². The maximum atomic E-state index is 12.5. The maximum absolute atomic E-state index is 12.5. The average Bonchev–Trinajstić information content (AvgIpc) is 2.16. The smallest absolute Gasteiger partial charge is 0.418 e. The van der Waals surface area contributed by atoms with Gasteiger partial charge < -0.3 is 10.4 Å². The van der Waals surface area contributed by atoms with Gasteiger partial charge in [0.2, 0.25) is 6.41 Å². The number of carbonyl (C=O) groups is 2. The van der Waals surface area contributed by atoms with Gasteiger partial charge in [-0.15, -0.1) is 0 Å². The summed E-state index contributed by atoms with van der Waals surface area (Å²) in [6.07, 6.45) is -4.73. The quantitative estimate of drug-likeness (QED) is 0.784. The normalized spacial score (nSPS) is 10.9. The first kappa shape index (κ1) is 12.0. The molecule has 1 rings (SSSR count). The van der Waals surface area contributed by atoms with Gasteiger partial charge in [0.1, 0.15) is 0 Å². The molecule has 7 heteroatoms. The predicted octanol–water partition coefficient (Wildman–Crippen LogP) is 1.97. The van der Waals surface area contributed by atoms with E-state index in [1.54, 1.807) is 5.32 Å². The van der Waals surface area contributed by atoms with Crippen molar-refractivity contribution in [1.29, 1.82) is 0 Å². The molecule has 0 heterocycles.